The smallest absolute Gasteiger partial charge is 0.187 e. The largest absolute Gasteiger partial charge is 0.345 e. The van der Waals surface area contributed by atoms with Crippen LogP contribution in [0, 0.1) is 5.82 Å². The van der Waals surface area contributed by atoms with Gasteiger partial charge < -0.3 is 14.0 Å². The third-order valence-corrected chi connectivity index (χ3v) is 6.89. The van der Waals surface area contributed by atoms with Crippen molar-refractivity contribution in [2.45, 2.75) is 37.0 Å². The molecule has 1 aliphatic heterocycles. The van der Waals surface area contributed by atoms with E-state index in [1.807, 2.05) is 22.9 Å². The lowest BCUT2D eigenvalue weighted by Gasteiger charge is -2.28. The first-order chi connectivity index (χ1) is 15.0. The quantitative estimate of drug-likeness (QED) is 0.375. The van der Waals surface area contributed by atoms with Gasteiger partial charge in [-0.1, -0.05) is 41.4 Å². The molecule has 0 N–H and O–H groups in total. The summed E-state index contributed by atoms with van der Waals surface area (Å²) in [6.07, 6.45) is 6.78. The number of benzene rings is 2. The Morgan fingerprint density at radius 3 is 2.77 bits per heavy atom. The van der Waals surface area contributed by atoms with Gasteiger partial charge in [-0.25, -0.2) is 9.37 Å². The summed E-state index contributed by atoms with van der Waals surface area (Å²) in [5, 5.41) is 1.31. The Hall–Kier alpha value is -1.57. The van der Waals surface area contributed by atoms with Crippen LogP contribution in [0.1, 0.15) is 17.5 Å². The van der Waals surface area contributed by atoms with Gasteiger partial charge in [-0.2, -0.15) is 11.8 Å². The van der Waals surface area contributed by atoms with E-state index in [0.717, 1.165) is 29.1 Å². The zero-order valence-corrected chi connectivity index (χ0v) is 19.2. The standard InChI is InChI=1S/C23H23Cl2FN2O2S/c24-19-4-3-18(22(25)11-19)13-31-14-21-12-29-23(30-21,15-28-10-9-27-16-28)8-7-17-1-5-20(26)6-2-17/h1-6,9-11,16,21H,7-8,12-15H2. The van der Waals surface area contributed by atoms with Crippen LogP contribution < -0.4 is 0 Å². The lowest BCUT2D eigenvalue weighted by atomic mass is 10.0. The van der Waals surface area contributed by atoms with Gasteiger partial charge in [0.25, 0.3) is 0 Å². The van der Waals surface area contributed by atoms with Crippen LogP contribution in [-0.4, -0.2) is 33.8 Å². The lowest BCUT2D eigenvalue weighted by Crippen LogP contribution is -2.37. The van der Waals surface area contributed by atoms with Crippen LogP contribution in [0.25, 0.3) is 0 Å². The second-order valence-electron chi connectivity index (χ2n) is 7.57. The molecular formula is C23H23Cl2FN2O2S. The molecule has 0 radical (unpaired) electrons. The predicted octanol–water partition coefficient (Wildman–Crippen LogP) is 6.01. The van der Waals surface area contributed by atoms with Gasteiger partial charge in [-0.15, -0.1) is 0 Å². The molecule has 0 amide bonds. The van der Waals surface area contributed by atoms with E-state index in [2.05, 4.69) is 4.98 Å². The average Bonchev–Trinajstić information content (AvgIpc) is 3.40. The summed E-state index contributed by atoms with van der Waals surface area (Å²) in [5.41, 5.74) is 2.10. The zero-order chi connectivity index (χ0) is 21.7. The molecule has 1 saturated heterocycles. The van der Waals surface area contributed by atoms with Crippen LogP contribution in [0.2, 0.25) is 10.0 Å². The number of rotatable bonds is 9. The molecule has 1 fully saturated rings. The van der Waals surface area contributed by atoms with Gasteiger partial charge in [0.1, 0.15) is 5.82 Å². The monoisotopic (exact) mass is 480 g/mol. The number of hydrogen-bond acceptors (Lipinski definition) is 4. The average molecular weight is 481 g/mol. The van der Waals surface area contributed by atoms with Crippen molar-refractivity contribution >= 4 is 35.0 Å². The Morgan fingerprint density at radius 1 is 1.19 bits per heavy atom. The summed E-state index contributed by atoms with van der Waals surface area (Å²) in [7, 11) is 0. The third-order valence-electron chi connectivity index (χ3n) is 5.18. The fourth-order valence-electron chi connectivity index (χ4n) is 3.58. The molecule has 0 aliphatic carbocycles. The van der Waals surface area contributed by atoms with Crippen molar-refractivity contribution in [2.75, 3.05) is 12.4 Å². The summed E-state index contributed by atoms with van der Waals surface area (Å²) in [6, 6.07) is 12.1. The molecular weight excluding hydrogens is 458 g/mol. The van der Waals surface area contributed by atoms with Crippen LogP contribution in [0.15, 0.2) is 61.2 Å². The Kier molecular flexibility index (Phi) is 7.56. The van der Waals surface area contributed by atoms with Gasteiger partial charge in [0, 0.05) is 40.4 Å². The van der Waals surface area contributed by atoms with Gasteiger partial charge in [-0.3, -0.25) is 0 Å². The molecule has 2 aromatic carbocycles. The molecule has 1 aromatic heterocycles. The number of ether oxygens (including phenoxy) is 2. The van der Waals surface area contributed by atoms with Crippen LogP contribution in [0.5, 0.6) is 0 Å². The highest BCUT2D eigenvalue weighted by atomic mass is 35.5. The highest BCUT2D eigenvalue weighted by Gasteiger charge is 2.41. The molecule has 2 atom stereocenters. The summed E-state index contributed by atoms with van der Waals surface area (Å²) >= 11 is 14.0. The predicted molar refractivity (Wildman–Crippen MR) is 123 cm³/mol. The number of thioether (sulfide) groups is 1. The fraction of sp³-hybridized carbons (Fsp3) is 0.348. The number of imidazole rings is 1. The normalized spacial score (nSPS) is 20.9. The minimum Gasteiger partial charge on any atom is -0.345 e. The van der Waals surface area contributed by atoms with Crippen LogP contribution in [-0.2, 0) is 28.2 Å². The Morgan fingerprint density at radius 2 is 2.03 bits per heavy atom. The van der Waals surface area contributed by atoms with Crippen molar-refractivity contribution in [3.8, 4) is 0 Å². The van der Waals surface area contributed by atoms with E-state index in [9.17, 15) is 4.39 Å². The highest BCUT2D eigenvalue weighted by Crippen LogP contribution is 2.33. The topological polar surface area (TPSA) is 36.3 Å². The number of nitrogens with zero attached hydrogens (tertiary/aromatic N) is 2. The third kappa shape index (κ3) is 6.24. The first kappa shape index (κ1) is 22.6. The van der Waals surface area contributed by atoms with Crippen LogP contribution >= 0.6 is 35.0 Å². The Balaban J connectivity index is 1.36. The first-order valence-corrected chi connectivity index (χ1v) is 12.0. The van der Waals surface area contributed by atoms with Crippen molar-refractivity contribution < 1.29 is 13.9 Å². The van der Waals surface area contributed by atoms with E-state index >= 15 is 0 Å². The summed E-state index contributed by atoms with van der Waals surface area (Å²) < 4.78 is 27.8. The molecule has 8 heteroatoms. The molecule has 4 rings (SSSR count). The molecule has 0 saturated carbocycles. The summed E-state index contributed by atoms with van der Waals surface area (Å²) in [5.74, 6) is 0.599. The molecule has 3 aromatic rings. The van der Waals surface area contributed by atoms with E-state index in [4.69, 9.17) is 32.7 Å². The van der Waals surface area contributed by atoms with Crippen molar-refractivity contribution in [3.05, 3.63) is 88.2 Å². The lowest BCUT2D eigenvalue weighted by molar-refractivity contribution is -0.180. The molecule has 2 unspecified atom stereocenters. The molecule has 4 nitrogen and oxygen atoms in total. The minimum atomic E-state index is -0.738. The second-order valence-corrected chi connectivity index (χ2v) is 9.45. The van der Waals surface area contributed by atoms with Crippen molar-refractivity contribution in [3.63, 3.8) is 0 Å². The number of hydrogen-bond donors (Lipinski definition) is 0. The fourth-order valence-corrected chi connectivity index (χ4v) is 5.15. The number of halogens is 3. The molecule has 2 heterocycles. The van der Waals surface area contributed by atoms with E-state index in [1.165, 1.54) is 12.1 Å². The van der Waals surface area contributed by atoms with E-state index in [0.29, 0.717) is 29.6 Å². The Bertz CT molecular complexity index is 988. The van der Waals surface area contributed by atoms with Gasteiger partial charge in [0.15, 0.2) is 5.79 Å². The maximum absolute atomic E-state index is 13.2. The number of aryl methyl sites for hydroxylation is 1. The molecule has 164 valence electrons. The molecule has 1 aliphatic rings. The van der Waals surface area contributed by atoms with E-state index in [1.54, 1.807) is 42.5 Å². The Labute approximate surface area is 195 Å². The maximum Gasteiger partial charge on any atom is 0.187 e. The maximum atomic E-state index is 13.2. The second kappa shape index (κ2) is 10.4. The SMILES string of the molecule is Fc1ccc(CCC2(Cn3ccnc3)OCC(CSCc3ccc(Cl)cc3Cl)O2)cc1. The van der Waals surface area contributed by atoms with Crippen molar-refractivity contribution in [1.82, 2.24) is 9.55 Å². The van der Waals surface area contributed by atoms with E-state index in [-0.39, 0.29) is 11.9 Å². The van der Waals surface area contributed by atoms with Crippen LogP contribution in [0.3, 0.4) is 0 Å². The molecule has 31 heavy (non-hydrogen) atoms. The van der Waals surface area contributed by atoms with Crippen molar-refractivity contribution in [1.29, 1.82) is 0 Å². The number of aromatic nitrogens is 2. The van der Waals surface area contributed by atoms with Gasteiger partial charge >= 0.3 is 0 Å². The minimum absolute atomic E-state index is 0.0205. The zero-order valence-electron chi connectivity index (χ0n) is 16.8. The van der Waals surface area contributed by atoms with Crippen molar-refractivity contribution in [2.24, 2.45) is 0 Å². The summed E-state index contributed by atoms with van der Waals surface area (Å²) in [4.78, 5) is 4.12. The molecule has 0 spiro atoms. The summed E-state index contributed by atoms with van der Waals surface area (Å²) in [6.45, 7) is 1.08. The van der Waals surface area contributed by atoms with Crippen LogP contribution in [0.4, 0.5) is 4.39 Å². The van der Waals surface area contributed by atoms with Gasteiger partial charge in [0.05, 0.1) is 25.6 Å². The van der Waals surface area contributed by atoms with Gasteiger partial charge in [-0.05, 0) is 41.8 Å². The van der Waals surface area contributed by atoms with E-state index < -0.39 is 5.79 Å². The molecule has 0 bridgehead atoms. The highest BCUT2D eigenvalue weighted by molar-refractivity contribution is 7.98. The van der Waals surface area contributed by atoms with Gasteiger partial charge in [0.2, 0.25) is 0 Å². The first-order valence-electron chi connectivity index (χ1n) is 10.0.